The highest BCUT2D eigenvalue weighted by atomic mass is 16.3. The molecule has 0 aliphatic rings. The number of fused-ring (bicyclic) bond motifs is 1. The summed E-state index contributed by atoms with van der Waals surface area (Å²) < 4.78 is 1.96. The SMILES string of the molecule is Oc1ccc(-c2cccc3nccn23)nc1. The lowest BCUT2D eigenvalue weighted by Gasteiger charge is -2.04. The summed E-state index contributed by atoms with van der Waals surface area (Å²) in [6.45, 7) is 0. The van der Waals surface area contributed by atoms with E-state index in [0.29, 0.717) is 0 Å². The Hall–Kier alpha value is -2.36. The monoisotopic (exact) mass is 211 g/mol. The van der Waals surface area contributed by atoms with Crippen LogP contribution in [0.5, 0.6) is 5.75 Å². The van der Waals surface area contributed by atoms with Gasteiger partial charge < -0.3 is 5.11 Å². The van der Waals surface area contributed by atoms with E-state index in [0.717, 1.165) is 17.0 Å². The number of imidazole rings is 1. The highest BCUT2D eigenvalue weighted by molar-refractivity contribution is 5.60. The van der Waals surface area contributed by atoms with Crippen LogP contribution in [0.1, 0.15) is 0 Å². The van der Waals surface area contributed by atoms with Gasteiger partial charge in [0.05, 0.1) is 17.6 Å². The second-order valence-corrected chi connectivity index (χ2v) is 3.47. The number of rotatable bonds is 1. The Bertz CT molecular complexity index is 628. The molecule has 0 unspecified atom stereocenters. The number of aromatic hydroxyl groups is 1. The van der Waals surface area contributed by atoms with E-state index in [1.54, 1.807) is 18.3 Å². The molecule has 0 saturated heterocycles. The molecule has 0 amide bonds. The van der Waals surface area contributed by atoms with Gasteiger partial charge in [-0.2, -0.15) is 0 Å². The number of pyridine rings is 2. The summed E-state index contributed by atoms with van der Waals surface area (Å²) >= 11 is 0. The zero-order valence-corrected chi connectivity index (χ0v) is 8.41. The summed E-state index contributed by atoms with van der Waals surface area (Å²) in [5.41, 5.74) is 2.64. The van der Waals surface area contributed by atoms with E-state index in [1.165, 1.54) is 6.20 Å². The van der Waals surface area contributed by atoms with Crippen LogP contribution < -0.4 is 0 Å². The first-order chi connectivity index (χ1) is 7.84. The Labute approximate surface area is 91.8 Å². The predicted molar refractivity (Wildman–Crippen MR) is 60.1 cm³/mol. The van der Waals surface area contributed by atoms with E-state index >= 15 is 0 Å². The average Bonchev–Trinajstić information content (AvgIpc) is 2.78. The summed E-state index contributed by atoms with van der Waals surface area (Å²) in [4.78, 5) is 8.39. The molecule has 0 atom stereocenters. The van der Waals surface area contributed by atoms with Crippen molar-refractivity contribution in [1.29, 1.82) is 0 Å². The van der Waals surface area contributed by atoms with Gasteiger partial charge in [0.25, 0.3) is 0 Å². The van der Waals surface area contributed by atoms with Crippen LogP contribution in [0.15, 0.2) is 48.9 Å². The fourth-order valence-electron chi connectivity index (χ4n) is 1.69. The predicted octanol–water partition coefficient (Wildman–Crippen LogP) is 2.10. The third-order valence-electron chi connectivity index (χ3n) is 2.44. The van der Waals surface area contributed by atoms with E-state index in [9.17, 15) is 5.11 Å². The normalized spacial score (nSPS) is 10.8. The molecule has 0 radical (unpaired) electrons. The van der Waals surface area contributed by atoms with E-state index in [4.69, 9.17) is 0 Å². The molecule has 0 aromatic carbocycles. The molecule has 78 valence electrons. The van der Waals surface area contributed by atoms with Crippen molar-refractivity contribution < 1.29 is 5.11 Å². The van der Waals surface area contributed by atoms with Crippen LogP contribution in [-0.4, -0.2) is 19.5 Å². The van der Waals surface area contributed by atoms with Gasteiger partial charge in [0.2, 0.25) is 0 Å². The second-order valence-electron chi connectivity index (χ2n) is 3.47. The highest BCUT2D eigenvalue weighted by Crippen LogP contribution is 2.19. The van der Waals surface area contributed by atoms with Crippen molar-refractivity contribution in [3.8, 4) is 17.1 Å². The zero-order chi connectivity index (χ0) is 11.0. The lowest BCUT2D eigenvalue weighted by molar-refractivity contribution is 0.473. The maximum atomic E-state index is 9.20. The third-order valence-corrected chi connectivity index (χ3v) is 2.44. The summed E-state index contributed by atoms with van der Waals surface area (Å²) in [5.74, 6) is 0.168. The third kappa shape index (κ3) is 1.32. The van der Waals surface area contributed by atoms with Gasteiger partial charge in [0.15, 0.2) is 0 Å². The molecule has 0 bridgehead atoms. The average molecular weight is 211 g/mol. The minimum Gasteiger partial charge on any atom is -0.506 e. The van der Waals surface area contributed by atoms with Gasteiger partial charge in [-0.15, -0.1) is 0 Å². The van der Waals surface area contributed by atoms with Crippen molar-refractivity contribution >= 4 is 5.65 Å². The first kappa shape index (κ1) is 8.91. The molecule has 3 heterocycles. The van der Waals surface area contributed by atoms with Gasteiger partial charge in [-0.3, -0.25) is 9.38 Å². The summed E-state index contributed by atoms with van der Waals surface area (Å²) in [6.07, 6.45) is 5.07. The molecule has 0 saturated carbocycles. The summed E-state index contributed by atoms with van der Waals surface area (Å²) in [7, 11) is 0. The standard InChI is InChI=1S/C12H9N3O/c16-9-4-5-10(14-8-9)11-2-1-3-12-13-6-7-15(11)12/h1-8,16H. The molecule has 16 heavy (non-hydrogen) atoms. The molecular weight excluding hydrogens is 202 g/mol. The van der Waals surface area contributed by atoms with Crippen molar-refractivity contribution in [1.82, 2.24) is 14.4 Å². The van der Waals surface area contributed by atoms with Gasteiger partial charge in [0, 0.05) is 12.4 Å². The molecule has 3 aromatic heterocycles. The topological polar surface area (TPSA) is 50.4 Å². The van der Waals surface area contributed by atoms with Crippen LogP contribution in [0.25, 0.3) is 17.0 Å². The van der Waals surface area contributed by atoms with Gasteiger partial charge in [-0.1, -0.05) is 6.07 Å². The van der Waals surface area contributed by atoms with Gasteiger partial charge in [-0.25, -0.2) is 4.98 Å². The summed E-state index contributed by atoms with van der Waals surface area (Å²) in [6, 6.07) is 9.24. The molecule has 1 N–H and O–H groups in total. The molecule has 4 nitrogen and oxygen atoms in total. The Morgan fingerprint density at radius 1 is 1.06 bits per heavy atom. The minimum atomic E-state index is 0.168. The number of aromatic nitrogens is 3. The van der Waals surface area contributed by atoms with Gasteiger partial charge in [-0.05, 0) is 24.3 Å². The van der Waals surface area contributed by atoms with Gasteiger partial charge >= 0.3 is 0 Å². The maximum absolute atomic E-state index is 9.20. The lowest BCUT2D eigenvalue weighted by atomic mass is 10.2. The van der Waals surface area contributed by atoms with Crippen LogP contribution in [0.4, 0.5) is 0 Å². The fraction of sp³-hybridized carbons (Fsp3) is 0. The number of nitrogens with zero attached hydrogens (tertiary/aromatic N) is 3. The first-order valence-corrected chi connectivity index (χ1v) is 4.92. The Morgan fingerprint density at radius 3 is 2.81 bits per heavy atom. The number of hydrogen-bond donors (Lipinski definition) is 1. The van der Waals surface area contributed by atoms with Crippen LogP contribution in [-0.2, 0) is 0 Å². The van der Waals surface area contributed by atoms with E-state index in [2.05, 4.69) is 9.97 Å². The lowest BCUT2D eigenvalue weighted by Crippen LogP contribution is -1.91. The molecule has 4 heteroatoms. The Morgan fingerprint density at radius 2 is 2.00 bits per heavy atom. The van der Waals surface area contributed by atoms with Crippen molar-refractivity contribution in [2.24, 2.45) is 0 Å². The van der Waals surface area contributed by atoms with E-state index < -0.39 is 0 Å². The quantitative estimate of drug-likeness (QED) is 0.670. The van der Waals surface area contributed by atoms with Crippen LogP contribution >= 0.6 is 0 Å². The maximum Gasteiger partial charge on any atom is 0.137 e. The highest BCUT2D eigenvalue weighted by Gasteiger charge is 2.04. The van der Waals surface area contributed by atoms with Gasteiger partial charge in [0.1, 0.15) is 11.4 Å². The van der Waals surface area contributed by atoms with Crippen molar-refractivity contribution in [2.75, 3.05) is 0 Å². The molecule has 3 aromatic rings. The summed E-state index contributed by atoms with van der Waals surface area (Å²) in [5, 5.41) is 9.20. The van der Waals surface area contributed by atoms with Crippen molar-refractivity contribution in [2.45, 2.75) is 0 Å². The van der Waals surface area contributed by atoms with Crippen LogP contribution in [0.2, 0.25) is 0 Å². The first-order valence-electron chi connectivity index (χ1n) is 4.92. The largest absolute Gasteiger partial charge is 0.506 e. The minimum absolute atomic E-state index is 0.168. The van der Waals surface area contributed by atoms with E-state index in [-0.39, 0.29) is 5.75 Å². The molecule has 0 fully saturated rings. The Kier molecular flexibility index (Phi) is 1.86. The number of hydrogen-bond acceptors (Lipinski definition) is 3. The zero-order valence-electron chi connectivity index (χ0n) is 8.41. The van der Waals surface area contributed by atoms with Crippen molar-refractivity contribution in [3.63, 3.8) is 0 Å². The van der Waals surface area contributed by atoms with E-state index in [1.807, 2.05) is 28.8 Å². The second kappa shape index (κ2) is 3.34. The molecular formula is C12H9N3O. The Balaban J connectivity index is 2.25. The smallest absolute Gasteiger partial charge is 0.137 e. The molecule has 0 aliphatic heterocycles. The molecule has 0 spiro atoms. The molecule has 3 rings (SSSR count). The van der Waals surface area contributed by atoms with Crippen LogP contribution in [0.3, 0.4) is 0 Å². The van der Waals surface area contributed by atoms with Crippen LogP contribution in [0, 0.1) is 0 Å². The molecule has 0 aliphatic carbocycles. The fourth-order valence-corrected chi connectivity index (χ4v) is 1.69. The van der Waals surface area contributed by atoms with Crippen molar-refractivity contribution in [3.05, 3.63) is 48.9 Å².